The van der Waals surface area contributed by atoms with Crippen LogP contribution in [0.4, 0.5) is 13.2 Å². The number of halogens is 5. The first-order valence-electron chi connectivity index (χ1n) is 13.9. The van der Waals surface area contributed by atoms with Gasteiger partial charge in [-0.05, 0) is 51.0 Å². The van der Waals surface area contributed by atoms with Crippen LogP contribution in [0.3, 0.4) is 0 Å². The summed E-state index contributed by atoms with van der Waals surface area (Å²) in [4.78, 5) is 24.0. The maximum absolute atomic E-state index is 12.8. The number of ether oxygens (including phenoxy) is 1. The summed E-state index contributed by atoms with van der Waals surface area (Å²) in [5.74, 6) is -0.169. The molecule has 5 rings (SSSR count). The minimum Gasteiger partial charge on any atom is -0.489 e. The zero-order valence-electron chi connectivity index (χ0n) is 25.5. The number of rotatable bonds is 7. The molecule has 46 heavy (non-hydrogen) atoms. The Balaban J connectivity index is 0.000000210. The molecule has 2 aromatic carbocycles. The zero-order chi connectivity index (χ0) is 34.4. The fourth-order valence-electron chi connectivity index (χ4n) is 4.16. The quantitative estimate of drug-likeness (QED) is 0.180. The van der Waals surface area contributed by atoms with Gasteiger partial charge < -0.3 is 13.7 Å². The Hall–Kier alpha value is -3.62. The summed E-state index contributed by atoms with van der Waals surface area (Å²) in [6.45, 7) is 9.47. The monoisotopic (exact) mass is 703 g/mol. The van der Waals surface area contributed by atoms with Crippen molar-refractivity contribution >= 4 is 38.8 Å². The van der Waals surface area contributed by atoms with Crippen LogP contribution in [0.5, 0.6) is 5.75 Å². The third-order valence-corrected chi connectivity index (χ3v) is 8.26. The summed E-state index contributed by atoms with van der Waals surface area (Å²) in [5.41, 5.74) is -1.39. The van der Waals surface area contributed by atoms with Gasteiger partial charge in [-0.15, -0.1) is 5.10 Å². The van der Waals surface area contributed by atoms with Crippen molar-refractivity contribution in [3.63, 3.8) is 0 Å². The molecule has 0 atom stereocenters. The molecule has 0 aliphatic heterocycles. The lowest BCUT2D eigenvalue weighted by atomic mass is 9.97. The second-order valence-corrected chi connectivity index (χ2v) is 14.7. The molecule has 0 radical (unpaired) electrons. The molecule has 4 aromatic rings. The summed E-state index contributed by atoms with van der Waals surface area (Å²) in [5, 5.41) is 8.43. The zero-order valence-corrected chi connectivity index (χ0v) is 27.9. The van der Waals surface area contributed by atoms with E-state index in [9.17, 15) is 31.2 Å². The van der Waals surface area contributed by atoms with Crippen molar-refractivity contribution in [1.82, 2.24) is 14.9 Å². The number of benzene rings is 2. The number of carbonyl (C=O) groups excluding carboxylic acids is 1. The standard InChI is InChI=1S/C15H18Cl2N2O3.C15H12F3NO4S/c1-8(2)21-12-7-11(9(16)6-10(12)17)19-14(20)22-13(18-19)15(3,4)5;1-24(21,22)12-6-9(15(16,17)18)4-5-10(12)13(20)11-7-19-23-14(11)8-2-3-8/h6-8H,1-5H3;4-8H,2-3H2,1H3. The molecule has 10 nitrogen and oxygen atoms in total. The van der Waals surface area contributed by atoms with Gasteiger partial charge in [-0.2, -0.15) is 17.9 Å². The first kappa shape index (κ1) is 35.2. The first-order valence-corrected chi connectivity index (χ1v) is 16.5. The summed E-state index contributed by atoms with van der Waals surface area (Å²) >= 11 is 12.3. The Labute approximate surface area is 272 Å². The summed E-state index contributed by atoms with van der Waals surface area (Å²) < 4.78 is 79.2. The topological polar surface area (TPSA) is 134 Å². The molecule has 0 amide bonds. The van der Waals surface area contributed by atoms with Gasteiger partial charge in [-0.1, -0.05) is 49.1 Å². The van der Waals surface area contributed by atoms with Crippen molar-refractivity contribution in [2.75, 3.05) is 6.26 Å². The average Bonchev–Trinajstić information content (AvgIpc) is 3.51. The molecule has 0 saturated heterocycles. The number of sulfone groups is 1. The Morgan fingerprint density at radius 3 is 2.24 bits per heavy atom. The number of carbonyl (C=O) groups is 1. The SMILES string of the molecule is CC(C)Oc1cc(-n2nc(C(C)(C)C)oc2=O)c(Cl)cc1Cl.CS(=O)(=O)c1cc(C(F)(F)F)ccc1C(=O)c1cnoc1C1CC1. The molecule has 2 heterocycles. The number of ketones is 1. The smallest absolute Gasteiger partial charge is 0.442 e. The number of hydrogen-bond donors (Lipinski definition) is 0. The number of hydrogen-bond acceptors (Lipinski definition) is 9. The molecule has 16 heteroatoms. The number of nitrogens with zero attached hydrogens (tertiary/aromatic N) is 3. The lowest BCUT2D eigenvalue weighted by Gasteiger charge is -2.13. The van der Waals surface area contributed by atoms with Crippen LogP contribution >= 0.6 is 23.2 Å². The first-order chi connectivity index (χ1) is 21.2. The van der Waals surface area contributed by atoms with E-state index in [1.807, 2.05) is 34.6 Å². The van der Waals surface area contributed by atoms with Gasteiger partial charge in [0.05, 0.1) is 44.1 Å². The van der Waals surface area contributed by atoms with E-state index in [0.717, 1.165) is 29.8 Å². The molecule has 1 aliphatic carbocycles. The molecule has 1 fully saturated rings. The highest BCUT2D eigenvalue weighted by molar-refractivity contribution is 7.90. The largest absolute Gasteiger partial charge is 0.489 e. The second-order valence-electron chi connectivity index (χ2n) is 11.9. The fourth-order valence-corrected chi connectivity index (χ4v) is 5.56. The van der Waals surface area contributed by atoms with Crippen LogP contribution in [0.1, 0.15) is 86.5 Å². The highest BCUT2D eigenvalue weighted by Crippen LogP contribution is 2.42. The molecular weight excluding hydrogens is 674 g/mol. The Bertz CT molecular complexity index is 1940. The molecule has 248 valence electrons. The van der Waals surface area contributed by atoms with Crippen LogP contribution in [-0.2, 0) is 21.4 Å². The number of alkyl halides is 3. The fraction of sp³-hybridized carbons (Fsp3) is 0.400. The van der Waals surface area contributed by atoms with Gasteiger partial charge in [-0.25, -0.2) is 13.2 Å². The molecule has 0 spiro atoms. The molecule has 1 aliphatic rings. The highest BCUT2D eigenvalue weighted by Gasteiger charge is 2.36. The van der Waals surface area contributed by atoms with Crippen molar-refractivity contribution in [1.29, 1.82) is 0 Å². The molecule has 0 N–H and O–H groups in total. The summed E-state index contributed by atoms with van der Waals surface area (Å²) in [6, 6.07) is 5.15. The van der Waals surface area contributed by atoms with Gasteiger partial charge in [0.2, 0.25) is 5.89 Å². The lowest BCUT2D eigenvalue weighted by Crippen LogP contribution is -2.15. The normalized spacial score (nSPS) is 13.8. The van der Waals surface area contributed by atoms with Crippen LogP contribution < -0.4 is 10.5 Å². The average molecular weight is 705 g/mol. The van der Waals surface area contributed by atoms with Crippen LogP contribution in [0, 0.1) is 0 Å². The Morgan fingerprint density at radius 2 is 1.72 bits per heavy atom. The van der Waals surface area contributed by atoms with Gasteiger partial charge in [0.15, 0.2) is 21.4 Å². The number of aromatic nitrogens is 3. The molecule has 1 saturated carbocycles. The van der Waals surface area contributed by atoms with Gasteiger partial charge in [0.1, 0.15) is 5.75 Å². The Morgan fingerprint density at radius 1 is 1.07 bits per heavy atom. The lowest BCUT2D eigenvalue weighted by molar-refractivity contribution is -0.137. The highest BCUT2D eigenvalue weighted by atomic mass is 35.5. The van der Waals surface area contributed by atoms with E-state index in [0.29, 0.717) is 40.2 Å². The van der Waals surface area contributed by atoms with Gasteiger partial charge in [-0.3, -0.25) is 4.79 Å². The van der Waals surface area contributed by atoms with Crippen molar-refractivity contribution in [2.24, 2.45) is 0 Å². The Kier molecular flexibility index (Phi) is 9.87. The second kappa shape index (κ2) is 12.9. The van der Waals surface area contributed by atoms with Crippen LogP contribution in [0.2, 0.25) is 10.0 Å². The maximum Gasteiger partial charge on any atom is 0.442 e. The minimum absolute atomic E-state index is 0.0441. The van der Waals surface area contributed by atoms with Crippen molar-refractivity contribution < 1.29 is 40.1 Å². The van der Waals surface area contributed by atoms with E-state index in [-0.39, 0.29) is 33.6 Å². The van der Waals surface area contributed by atoms with Crippen molar-refractivity contribution in [3.05, 3.63) is 85.5 Å². The van der Waals surface area contributed by atoms with E-state index < -0.39 is 38.0 Å². The van der Waals surface area contributed by atoms with E-state index in [4.69, 9.17) is 36.9 Å². The van der Waals surface area contributed by atoms with Crippen LogP contribution in [0.15, 0.2) is 55.2 Å². The predicted octanol–water partition coefficient (Wildman–Crippen LogP) is 7.42. The third kappa shape index (κ3) is 8.02. The summed E-state index contributed by atoms with van der Waals surface area (Å²) in [7, 11) is -4.04. The van der Waals surface area contributed by atoms with E-state index >= 15 is 0 Å². The minimum atomic E-state index is -4.71. The van der Waals surface area contributed by atoms with Crippen LogP contribution in [-0.4, -0.2) is 41.5 Å². The van der Waals surface area contributed by atoms with E-state index in [2.05, 4.69) is 10.3 Å². The molecule has 2 aromatic heterocycles. The maximum atomic E-state index is 12.8. The predicted molar refractivity (Wildman–Crippen MR) is 163 cm³/mol. The van der Waals surface area contributed by atoms with Crippen molar-refractivity contribution in [3.8, 4) is 11.4 Å². The van der Waals surface area contributed by atoms with E-state index in [1.54, 1.807) is 6.07 Å². The van der Waals surface area contributed by atoms with Gasteiger partial charge in [0, 0.05) is 29.2 Å². The van der Waals surface area contributed by atoms with Crippen molar-refractivity contribution in [2.45, 2.75) is 76.0 Å². The molecule has 0 bridgehead atoms. The molecular formula is C30H30Cl2F3N3O7S. The van der Waals surface area contributed by atoms with Gasteiger partial charge >= 0.3 is 11.9 Å². The molecule has 0 unspecified atom stereocenters. The summed E-state index contributed by atoms with van der Waals surface area (Å²) in [6.07, 6.45) is -1.21. The van der Waals surface area contributed by atoms with Crippen LogP contribution in [0.25, 0.3) is 5.69 Å². The third-order valence-electron chi connectivity index (χ3n) is 6.53. The van der Waals surface area contributed by atoms with Gasteiger partial charge in [0.25, 0.3) is 0 Å². The van der Waals surface area contributed by atoms with E-state index in [1.165, 1.54) is 12.3 Å².